The second kappa shape index (κ2) is 5.80. The molecule has 0 atom stereocenters. The number of nitrogen functional groups attached to an aromatic ring is 1. The summed E-state index contributed by atoms with van der Waals surface area (Å²) in [6.07, 6.45) is 5.56. The average Bonchev–Trinajstić information content (AvgIpc) is 2.66. The monoisotopic (exact) mass is 284 g/mol. The minimum absolute atomic E-state index is 0.844. The van der Waals surface area contributed by atoms with Gasteiger partial charge in [0.1, 0.15) is 0 Å². The first-order valence-corrected chi connectivity index (χ1v) is 7.89. The lowest BCUT2D eigenvalue weighted by Crippen LogP contribution is -2.21. The van der Waals surface area contributed by atoms with Crippen LogP contribution in [0.3, 0.4) is 0 Å². The number of aryl methyl sites for hydroxylation is 3. The lowest BCUT2D eigenvalue weighted by Gasteiger charge is -2.25. The van der Waals surface area contributed by atoms with Gasteiger partial charge in [-0.25, -0.2) is 0 Å². The van der Waals surface area contributed by atoms with Crippen molar-refractivity contribution in [1.82, 2.24) is 9.78 Å². The number of hydrogen-bond donors (Lipinski definition) is 1. The maximum atomic E-state index is 6.40. The molecule has 0 aliphatic carbocycles. The zero-order valence-electron chi connectivity index (χ0n) is 13.0. The van der Waals surface area contributed by atoms with Gasteiger partial charge in [-0.1, -0.05) is 31.5 Å². The van der Waals surface area contributed by atoms with E-state index in [0.29, 0.717) is 0 Å². The number of nitrogens with zero attached hydrogens (tertiary/aromatic N) is 3. The number of fused-ring (bicyclic) bond motifs is 1. The van der Waals surface area contributed by atoms with Crippen LogP contribution in [0.4, 0.5) is 17.2 Å². The molecule has 0 radical (unpaired) electrons. The Labute approximate surface area is 126 Å². The van der Waals surface area contributed by atoms with Crippen molar-refractivity contribution in [1.29, 1.82) is 0 Å². The fourth-order valence-electron chi connectivity index (χ4n) is 3.24. The maximum absolute atomic E-state index is 6.40. The molecule has 2 N–H and O–H groups in total. The molecule has 4 nitrogen and oxygen atoms in total. The van der Waals surface area contributed by atoms with Crippen LogP contribution < -0.4 is 10.6 Å². The normalized spacial score (nSPS) is 14.9. The van der Waals surface area contributed by atoms with Gasteiger partial charge in [-0.05, 0) is 37.3 Å². The molecule has 3 rings (SSSR count). The summed E-state index contributed by atoms with van der Waals surface area (Å²) in [5, 5.41) is 4.63. The molecule has 1 aromatic heterocycles. The van der Waals surface area contributed by atoms with Crippen molar-refractivity contribution in [2.45, 2.75) is 39.0 Å². The van der Waals surface area contributed by atoms with Crippen LogP contribution in [-0.2, 0) is 19.9 Å². The van der Waals surface area contributed by atoms with Gasteiger partial charge in [0.05, 0.1) is 11.4 Å². The molecule has 0 fully saturated rings. The summed E-state index contributed by atoms with van der Waals surface area (Å²) in [5.74, 6) is 1.05. The first kappa shape index (κ1) is 14.0. The van der Waals surface area contributed by atoms with Gasteiger partial charge in [0.25, 0.3) is 0 Å². The van der Waals surface area contributed by atoms with Crippen LogP contribution >= 0.6 is 0 Å². The standard InChI is InChI=1S/C17H24N4/c1-3-8-14-16(18)17(20(2)19-14)21-12-7-6-10-13-9-4-5-11-15(13)21/h4-5,9,11H,3,6-8,10,12,18H2,1-2H3. The molecular formula is C17H24N4. The van der Waals surface area contributed by atoms with Crippen molar-refractivity contribution >= 4 is 17.2 Å². The van der Waals surface area contributed by atoms with Crippen LogP contribution in [0.2, 0.25) is 0 Å². The van der Waals surface area contributed by atoms with Gasteiger partial charge in [-0.3, -0.25) is 4.68 Å². The Balaban J connectivity index is 2.08. The van der Waals surface area contributed by atoms with E-state index in [-0.39, 0.29) is 0 Å². The number of benzene rings is 1. The van der Waals surface area contributed by atoms with Crippen LogP contribution in [0.1, 0.15) is 37.4 Å². The Hall–Kier alpha value is -1.97. The van der Waals surface area contributed by atoms with Gasteiger partial charge in [-0.15, -0.1) is 0 Å². The summed E-state index contributed by atoms with van der Waals surface area (Å²) < 4.78 is 1.95. The van der Waals surface area contributed by atoms with Crippen molar-refractivity contribution in [3.05, 3.63) is 35.5 Å². The smallest absolute Gasteiger partial charge is 0.154 e. The quantitative estimate of drug-likeness (QED) is 0.939. The van der Waals surface area contributed by atoms with Crippen molar-refractivity contribution in [2.24, 2.45) is 7.05 Å². The number of rotatable bonds is 3. The van der Waals surface area contributed by atoms with Gasteiger partial charge >= 0.3 is 0 Å². The van der Waals surface area contributed by atoms with Crippen LogP contribution in [0.5, 0.6) is 0 Å². The lowest BCUT2D eigenvalue weighted by atomic mass is 10.1. The molecule has 0 unspecified atom stereocenters. The molecule has 4 heteroatoms. The number of aromatic nitrogens is 2. The summed E-state index contributed by atoms with van der Waals surface area (Å²) in [5.41, 5.74) is 11.0. The van der Waals surface area contributed by atoms with Gasteiger partial charge in [0, 0.05) is 19.3 Å². The van der Waals surface area contributed by atoms with Crippen LogP contribution in [0, 0.1) is 0 Å². The topological polar surface area (TPSA) is 47.1 Å². The largest absolute Gasteiger partial charge is 0.394 e. The second-order valence-corrected chi connectivity index (χ2v) is 5.80. The SMILES string of the molecule is CCCc1nn(C)c(N2CCCCc3ccccc32)c1N. The number of hydrogen-bond acceptors (Lipinski definition) is 3. The molecule has 0 bridgehead atoms. The lowest BCUT2D eigenvalue weighted by molar-refractivity contribution is 0.706. The van der Waals surface area contributed by atoms with Crippen molar-refractivity contribution < 1.29 is 0 Å². The first-order chi connectivity index (χ1) is 10.2. The molecule has 0 spiro atoms. The Bertz CT molecular complexity index is 630. The zero-order chi connectivity index (χ0) is 14.8. The highest BCUT2D eigenvalue weighted by molar-refractivity contribution is 5.75. The molecule has 2 aromatic rings. The van der Waals surface area contributed by atoms with Crippen LogP contribution in [0.15, 0.2) is 24.3 Å². The number of anilines is 3. The summed E-state index contributed by atoms with van der Waals surface area (Å²) in [6, 6.07) is 8.66. The summed E-state index contributed by atoms with van der Waals surface area (Å²) in [7, 11) is 2.00. The van der Waals surface area contributed by atoms with E-state index in [1.807, 2.05) is 11.7 Å². The predicted octanol–water partition coefficient (Wildman–Crippen LogP) is 3.43. The third kappa shape index (κ3) is 2.50. The third-order valence-electron chi connectivity index (χ3n) is 4.23. The minimum Gasteiger partial charge on any atom is -0.394 e. The maximum Gasteiger partial charge on any atom is 0.154 e. The first-order valence-electron chi connectivity index (χ1n) is 7.89. The van der Waals surface area contributed by atoms with Gasteiger partial charge in [0.2, 0.25) is 0 Å². The van der Waals surface area contributed by atoms with Gasteiger partial charge < -0.3 is 10.6 Å². The van der Waals surface area contributed by atoms with E-state index in [9.17, 15) is 0 Å². The molecule has 0 saturated carbocycles. The average molecular weight is 284 g/mol. The molecule has 1 aromatic carbocycles. The van der Waals surface area contributed by atoms with E-state index in [0.717, 1.165) is 43.0 Å². The van der Waals surface area contributed by atoms with Crippen molar-refractivity contribution in [3.63, 3.8) is 0 Å². The molecule has 2 heterocycles. The Kier molecular flexibility index (Phi) is 3.86. The summed E-state index contributed by atoms with van der Waals surface area (Å²) >= 11 is 0. The third-order valence-corrected chi connectivity index (χ3v) is 4.23. The van der Waals surface area contributed by atoms with E-state index in [4.69, 9.17) is 5.73 Å². The van der Waals surface area contributed by atoms with E-state index in [1.54, 1.807) is 0 Å². The molecular weight excluding hydrogens is 260 g/mol. The number of para-hydroxylation sites is 1. The van der Waals surface area contributed by atoms with Crippen molar-refractivity contribution in [2.75, 3.05) is 17.2 Å². The second-order valence-electron chi connectivity index (χ2n) is 5.80. The van der Waals surface area contributed by atoms with Gasteiger partial charge in [0.15, 0.2) is 5.82 Å². The molecule has 1 aliphatic heterocycles. The number of nitrogens with two attached hydrogens (primary N) is 1. The van der Waals surface area contributed by atoms with E-state index in [2.05, 4.69) is 41.2 Å². The van der Waals surface area contributed by atoms with Gasteiger partial charge in [-0.2, -0.15) is 5.10 Å². The van der Waals surface area contributed by atoms with E-state index >= 15 is 0 Å². The van der Waals surface area contributed by atoms with Crippen LogP contribution in [0.25, 0.3) is 0 Å². The van der Waals surface area contributed by atoms with E-state index in [1.165, 1.54) is 24.1 Å². The summed E-state index contributed by atoms with van der Waals surface area (Å²) in [4.78, 5) is 2.35. The Morgan fingerprint density at radius 1 is 1.24 bits per heavy atom. The highest BCUT2D eigenvalue weighted by Gasteiger charge is 2.23. The highest BCUT2D eigenvalue weighted by atomic mass is 15.4. The predicted molar refractivity (Wildman–Crippen MR) is 88.0 cm³/mol. The fourth-order valence-corrected chi connectivity index (χ4v) is 3.24. The Morgan fingerprint density at radius 2 is 2.05 bits per heavy atom. The highest BCUT2D eigenvalue weighted by Crippen LogP contribution is 2.36. The van der Waals surface area contributed by atoms with Crippen LogP contribution in [-0.4, -0.2) is 16.3 Å². The molecule has 0 saturated heterocycles. The molecule has 0 amide bonds. The molecule has 21 heavy (non-hydrogen) atoms. The molecule has 112 valence electrons. The molecule has 1 aliphatic rings. The van der Waals surface area contributed by atoms with E-state index < -0.39 is 0 Å². The van der Waals surface area contributed by atoms with Crippen molar-refractivity contribution in [3.8, 4) is 0 Å². The Morgan fingerprint density at radius 3 is 2.86 bits per heavy atom. The fraction of sp³-hybridized carbons (Fsp3) is 0.471. The zero-order valence-corrected chi connectivity index (χ0v) is 13.0. The minimum atomic E-state index is 0.844. The summed E-state index contributed by atoms with van der Waals surface area (Å²) in [6.45, 7) is 3.17.